The smallest absolute Gasteiger partial charge is 0.270 e. The molecule has 1 saturated heterocycles. The lowest BCUT2D eigenvalue weighted by atomic mass is 10.2. The monoisotopic (exact) mass is 333 g/mol. The van der Waals surface area contributed by atoms with Gasteiger partial charge in [0.25, 0.3) is 5.91 Å². The van der Waals surface area contributed by atoms with Crippen LogP contribution in [0.3, 0.4) is 0 Å². The van der Waals surface area contributed by atoms with Gasteiger partial charge >= 0.3 is 0 Å². The second-order valence-electron chi connectivity index (χ2n) is 6.06. The van der Waals surface area contributed by atoms with Crippen molar-refractivity contribution in [3.63, 3.8) is 0 Å². The summed E-state index contributed by atoms with van der Waals surface area (Å²) >= 11 is 0. The molecule has 0 N–H and O–H groups in total. The molecule has 2 aromatic heterocycles. The average molecular weight is 333 g/mol. The molecule has 24 heavy (non-hydrogen) atoms. The second-order valence-corrected chi connectivity index (χ2v) is 6.06. The molecule has 0 aliphatic carbocycles. The van der Waals surface area contributed by atoms with Crippen LogP contribution in [0, 0.1) is 6.92 Å². The SMILES string of the molecule is COCc1noc(CN2CCN(C(=O)c3c(C)ccn3C)CC2)n1. The number of hydrogen-bond acceptors (Lipinski definition) is 6. The zero-order chi connectivity index (χ0) is 17.1. The maximum absolute atomic E-state index is 12.7. The fourth-order valence-corrected chi connectivity index (χ4v) is 2.97. The van der Waals surface area contributed by atoms with Crippen molar-refractivity contribution in [1.82, 2.24) is 24.5 Å². The summed E-state index contributed by atoms with van der Waals surface area (Å²) < 4.78 is 12.1. The minimum atomic E-state index is 0.0971. The molecule has 0 radical (unpaired) electrons. The summed E-state index contributed by atoms with van der Waals surface area (Å²) in [4.78, 5) is 21.1. The number of nitrogens with zero attached hydrogens (tertiary/aromatic N) is 5. The number of amides is 1. The molecule has 0 unspecified atom stereocenters. The molecule has 0 saturated carbocycles. The van der Waals surface area contributed by atoms with E-state index in [9.17, 15) is 4.79 Å². The first kappa shape index (κ1) is 16.7. The van der Waals surface area contributed by atoms with Crippen LogP contribution < -0.4 is 0 Å². The summed E-state index contributed by atoms with van der Waals surface area (Å²) in [6, 6.07) is 1.97. The number of methoxy groups -OCH3 is 1. The van der Waals surface area contributed by atoms with Gasteiger partial charge < -0.3 is 18.7 Å². The number of aromatic nitrogens is 3. The van der Waals surface area contributed by atoms with E-state index in [0.29, 0.717) is 38.0 Å². The molecule has 0 atom stereocenters. The van der Waals surface area contributed by atoms with Crippen molar-refractivity contribution in [1.29, 1.82) is 0 Å². The summed E-state index contributed by atoms with van der Waals surface area (Å²) in [5.74, 6) is 1.24. The van der Waals surface area contributed by atoms with Crippen LogP contribution in [-0.4, -0.2) is 63.7 Å². The quantitative estimate of drug-likeness (QED) is 0.806. The van der Waals surface area contributed by atoms with Crippen molar-refractivity contribution in [2.45, 2.75) is 20.1 Å². The maximum atomic E-state index is 12.7. The van der Waals surface area contributed by atoms with Crippen molar-refractivity contribution in [3.8, 4) is 0 Å². The lowest BCUT2D eigenvalue weighted by Crippen LogP contribution is -2.48. The third-order valence-electron chi connectivity index (χ3n) is 4.28. The van der Waals surface area contributed by atoms with Crippen LogP contribution in [0.2, 0.25) is 0 Å². The van der Waals surface area contributed by atoms with Crippen LogP contribution in [0.25, 0.3) is 0 Å². The highest BCUT2D eigenvalue weighted by molar-refractivity contribution is 5.94. The molecule has 1 aliphatic heterocycles. The van der Waals surface area contributed by atoms with Crippen molar-refractivity contribution in [3.05, 3.63) is 35.2 Å². The number of carbonyl (C=O) groups excluding carboxylic acids is 1. The van der Waals surface area contributed by atoms with E-state index in [0.717, 1.165) is 24.3 Å². The van der Waals surface area contributed by atoms with E-state index >= 15 is 0 Å². The first-order valence-corrected chi connectivity index (χ1v) is 8.02. The van der Waals surface area contributed by atoms with E-state index in [1.165, 1.54) is 0 Å². The third-order valence-corrected chi connectivity index (χ3v) is 4.28. The second kappa shape index (κ2) is 7.14. The Morgan fingerprint density at radius 1 is 1.33 bits per heavy atom. The van der Waals surface area contributed by atoms with Crippen LogP contribution in [0.5, 0.6) is 0 Å². The van der Waals surface area contributed by atoms with Gasteiger partial charge in [-0.1, -0.05) is 5.16 Å². The Morgan fingerprint density at radius 3 is 2.71 bits per heavy atom. The summed E-state index contributed by atoms with van der Waals surface area (Å²) in [5.41, 5.74) is 1.78. The highest BCUT2D eigenvalue weighted by atomic mass is 16.5. The lowest BCUT2D eigenvalue weighted by molar-refractivity contribution is 0.0605. The van der Waals surface area contributed by atoms with Gasteiger partial charge in [0.1, 0.15) is 12.3 Å². The highest BCUT2D eigenvalue weighted by Gasteiger charge is 2.25. The Labute approximate surface area is 141 Å². The predicted molar refractivity (Wildman–Crippen MR) is 86.3 cm³/mol. The van der Waals surface area contributed by atoms with Crippen molar-refractivity contribution < 1.29 is 14.1 Å². The van der Waals surface area contributed by atoms with Gasteiger partial charge in [-0.25, -0.2) is 0 Å². The third kappa shape index (κ3) is 3.49. The van der Waals surface area contributed by atoms with Crippen LogP contribution >= 0.6 is 0 Å². The highest BCUT2D eigenvalue weighted by Crippen LogP contribution is 2.14. The number of carbonyl (C=O) groups is 1. The van der Waals surface area contributed by atoms with E-state index in [4.69, 9.17) is 9.26 Å². The van der Waals surface area contributed by atoms with Gasteiger partial charge in [-0.3, -0.25) is 9.69 Å². The first-order valence-electron chi connectivity index (χ1n) is 8.02. The summed E-state index contributed by atoms with van der Waals surface area (Å²) in [6.45, 7) is 5.89. The largest absolute Gasteiger partial charge is 0.377 e. The molecule has 0 spiro atoms. The average Bonchev–Trinajstić information content (AvgIpc) is 3.14. The van der Waals surface area contributed by atoms with Crippen molar-refractivity contribution in [2.24, 2.45) is 7.05 Å². The van der Waals surface area contributed by atoms with E-state index in [2.05, 4.69) is 15.0 Å². The van der Waals surface area contributed by atoms with Crippen LogP contribution in [0.4, 0.5) is 0 Å². The Morgan fingerprint density at radius 2 is 2.08 bits per heavy atom. The van der Waals surface area contributed by atoms with E-state index in [-0.39, 0.29) is 5.91 Å². The Balaban J connectivity index is 1.54. The standard InChI is InChI=1S/C16H23N5O3/c1-12-4-5-19(2)15(12)16(22)21-8-6-20(7-9-21)10-14-17-13(11-23-3)18-24-14/h4-5H,6-11H2,1-3H3. The van der Waals surface area contributed by atoms with Crippen molar-refractivity contribution in [2.75, 3.05) is 33.3 Å². The zero-order valence-corrected chi connectivity index (χ0v) is 14.4. The van der Waals surface area contributed by atoms with Gasteiger partial charge in [0.05, 0.1) is 6.54 Å². The molecule has 130 valence electrons. The number of ether oxygens (including phenoxy) is 1. The fourth-order valence-electron chi connectivity index (χ4n) is 2.97. The molecule has 1 aliphatic rings. The summed E-state index contributed by atoms with van der Waals surface area (Å²) in [7, 11) is 3.50. The predicted octanol–water partition coefficient (Wildman–Crippen LogP) is 0.821. The number of piperazine rings is 1. The van der Waals surface area contributed by atoms with Gasteiger partial charge in [-0.2, -0.15) is 4.98 Å². The molecular weight excluding hydrogens is 310 g/mol. The normalized spacial score (nSPS) is 15.9. The summed E-state index contributed by atoms with van der Waals surface area (Å²) in [5, 5.41) is 3.86. The summed E-state index contributed by atoms with van der Waals surface area (Å²) in [6.07, 6.45) is 1.92. The van der Waals surface area contributed by atoms with Gasteiger partial charge in [0, 0.05) is 46.5 Å². The van der Waals surface area contributed by atoms with E-state index in [1.54, 1.807) is 7.11 Å². The molecule has 8 nitrogen and oxygen atoms in total. The van der Waals surface area contributed by atoms with Gasteiger partial charge in [0.2, 0.25) is 5.89 Å². The minimum absolute atomic E-state index is 0.0971. The van der Waals surface area contributed by atoms with Gasteiger partial charge in [0.15, 0.2) is 5.82 Å². The topological polar surface area (TPSA) is 76.6 Å². The van der Waals surface area contributed by atoms with Gasteiger partial charge in [-0.05, 0) is 18.6 Å². The van der Waals surface area contributed by atoms with Crippen LogP contribution in [0.15, 0.2) is 16.8 Å². The molecule has 3 rings (SSSR count). The molecule has 1 amide bonds. The lowest BCUT2D eigenvalue weighted by Gasteiger charge is -2.34. The maximum Gasteiger partial charge on any atom is 0.270 e. The van der Waals surface area contributed by atoms with E-state index in [1.807, 2.05) is 35.7 Å². The Bertz CT molecular complexity index is 681. The zero-order valence-electron chi connectivity index (χ0n) is 14.4. The number of hydrogen-bond donors (Lipinski definition) is 0. The van der Waals surface area contributed by atoms with Crippen LogP contribution in [-0.2, 0) is 24.9 Å². The van der Waals surface area contributed by atoms with Crippen LogP contribution in [0.1, 0.15) is 27.8 Å². The molecular formula is C16H23N5O3. The van der Waals surface area contributed by atoms with E-state index < -0.39 is 0 Å². The van der Waals surface area contributed by atoms with Gasteiger partial charge in [-0.15, -0.1) is 0 Å². The Kier molecular flexibility index (Phi) is 4.96. The first-order chi connectivity index (χ1) is 11.6. The van der Waals surface area contributed by atoms with Crippen molar-refractivity contribution >= 4 is 5.91 Å². The fraction of sp³-hybridized carbons (Fsp3) is 0.562. The minimum Gasteiger partial charge on any atom is -0.377 e. The molecule has 1 fully saturated rings. The molecule has 2 aromatic rings. The molecule has 0 aromatic carbocycles. The number of aryl methyl sites for hydroxylation is 2. The molecule has 0 bridgehead atoms. The molecule has 8 heteroatoms. The number of rotatable bonds is 5. The Hall–Kier alpha value is -2.19. The molecule has 3 heterocycles.